The molecule has 6 rings (SSSR count). The quantitative estimate of drug-likeness (QED) is 0.195. The van der Waals surface area contributed by atoms with Crippen LogP contribution in [0.3, 0.4) is 0 Å². The second-order valence-electron chi connectivity index (χ2n) is 11.2. The first kappa shape index (κ1) is 29.1. The number of fused-ring (bicyclic) bond motifs is 3. The summed E-state index contributed by atoms with van der Waals surface area (Å²) in [7, 11) is 2.12. The van der Waals surface area contributed by atoms with E-state index in [9.17, 15) is 10.2 Å². The van der Waals surface area contributed by atoms with Crippen LogP contribution in [0.25, 0.3) is 21.7 Å². The van der Waals surface area contributed by atoms with Gasteiger partial charge in [0.15, 0.2) is 6.29 Å². The van der Waals surface area contributed by atoms with E-state index in [4.69, 9.17) is 13.9 Å². The number of rotatable bonds is 10. The van der Waals surface area contributed by atoms with E-state index in [0.29, 0.717) is 52.2 Å². The molecular weight excluding hydrogens is 542 g/mol. The normalized spacial score (nSPS) is 16.1. The molecule has 0 aliphatic carbocycles. The second-order valence-corrected chi connectivity index (χ2v) is 11.2. The van der Waals surface area contributed by atoms with Gasteiger partial charge in [0.25, 0.3) is 0 Å². The van der Waals surface area contributed by atoms with E-state index in [1.165, 1.54) is 5.56 Å². The Morgan fingerprint density at radius 3 is 2.42 bits per heavy atom. The summed E-state index contributed by atoms with van der Waals surface area (Å²) in [6, 6.07) is 19.6. The molecule has 224 valence electrons. The zero-order valence-corrected chi connectivity index (χ0v) is 25.0. The maximum atomic E-state index is 12.3. The summed E-state index contributed by atoms with van der Waals surface area (Å²) >= 11 is 0. The van der Waals surface area contributed by atoms with Crippen LogP contribution in [0.1, 0.15) is 47.3 Å². The number of pyridine rings is 1. The summed E-state index contributed by atoms with van der Waals surface area (Å²) in [5, 5.41) is 25.5. The number of hydrogen-bond donors (Lipinski definition) is 2. The molecule has 2 atom stereocenters. The lowest BCUT2D eigenvalue weighted by atomic mass is 9.88. The molecule has 1 saturated heterocycles. The van der Waals surface area contributed by atoms with Crippen molar-refractivity contribution in [1.82, 2.24) is 14.8 Å². The second kappa shape index (κ2) is 12.7. The molecule has 2 aromatic heterocycles. The number of benzene rings is 3. The molecule has 5 aromatic rings. The van der Waals surface area contributed by atoms with Crippen LogP contribution in [0.4, 0.5) is 0 Å². The van der Waals surface area contributed by atoms with Crippen LogP contribution in [0, 0.1) is 6.92 Å². The van der Waals surface area contributed by atoms with Gasteiger partial charge >= 0.3 is 0 Å². The van der Waals surface area contributed by atoms with Crippen LogP contribution in [0.2, 0.25) is 0 Å². The summed E-state index contributed by atoms with van der Waals surface area (Å²) in [6.45, 7) is 7.95. The summed E-state index contributed by atoms with van der Waals surface area (Å²) in [5.74, 6) is 1.36. The largest absolute Gasteiger partial charge is 0.507 e. The van der Waals surface area contributed by atoms with Crippen molar-refractivity contribution in [1.29, 1.82) is 0 Å². The van der Waals surface area contributed by atoms with Crippen molar-refractivity contribution in [2.24, 2.45) is 0 Å². The lowest BCUT2D eigenvalue weighted by Crippen LogP contribution is -2.46. The number of phenols is 1. The van der Waals surface area contributed by atoms with E-state index in [-0.39, 0.29) is 11.8 Å². The zero-order chi connectivity index (χ0) is 29.9. The van der Waals surface area contributed by atoms with E-state index >= 15 is 0 Å². The van der Waals surface area contributed by atoms with E-state index in [2.05, 4.69) is 34.0 Å². The first-order valence-corrected chi connectivity index (χ1v) is 15.0. The van der Waals surface area contributed by atoms with Gasteiger partial charge < -0.3 is 29.0 Å². The fourth-order valence-electron chi connectivity index (χ4n) is 6.21. The third-order valence-corrected chi connectivity index (χ3v) is 8.42. The molecule has 2 N–H and O–H groups in total. The Morgan fingerprint density at radius 2 is 1.70 bits per heavy atom. The van der Waals surface area contributed by atoms with Crippen LogP contribution in [0.5, 0.6) is 11.5 Å². The zero-order valence-electron chi connectivity index (χ0n) is 25.0. The lowest BCUT2D eigenvalue weighted by Gasteiger charge is -2.39. The Labute approximate surface area is 252 Å². The Balaban J connectivity index is 1.54. The molecule has 0 saturated carbocycles. The maximum Gasteiger partial charge on any atom is 0.185 e. The van der Waals surface area contributed by atoms with Crippen molar-refractivity contribution < 1.29 is 24.1 Å². The number of aromatic hydroxyl groups is 1. The van der Waals surface area contributed by atoms with Crippen molar-refractivity contribution in [3.05, 3.63) is 101 Å². The van der Waals surface area contributed by atoms with Crippen molar-refractivity contribution >= 4 is 21.7 Å². The minimum Gasteiger partial charge on any atom is -0.507 e. The number of hydrogen-bond acceptors (Lipinski definition) is 8. The lowest BCUT2D eigenvalue weighted by molar-refractivity contribution is -0.0978. The number of likely N-dealkylation sites (N-methyl/N-ethyl adjacent to an activating group) is 1. The van der Waals surface area contributed by atoms with E-state index < -0.39 is 6.29 Å². The number of aromatic nitrogens is 1. The van der Waals surface area contributed by atoms with Gasteiger partial charge in [0, 0.05) is 73.3 Å². The van der Waals surface area contributed by atoms with Crippen LogP contribution < -0.4 is 4.74 Å². The number of nitrogens with zero attached hydrogens (tertiary/aromatic N) is 3. The van der Waals surface area contributed by atoms with Gasteiger partial charge in [-0.05, 0) is 62.4 Å². The molecule has 0 bridgehead atoms. The number of aryl methyl sites for hydroxylation is 1. The average molecular weight is 582 g/mol. The molecule has 8 nitrogen and oxygen atoms in total. The maximum absolute atomic E-state index is 12.3. The molecule has 8 heteroatoms. The number of furan rings is 1. The third kappa shape index (κ3) is 5.84. The third-order valence-electron chi connectivity index (χ3n) is 8.42. The molecule has 0 amide bonds. The Morgan fingerprint density at radius 1 is 0.953 bits per heavy atom. The van der Waals surface area contributed by atoms with Gasteiger partial charge in [0.05, 0.1) is 18.2 Å². The molecule has 3 aromatic carbocycles. The predicted molar refractivity (Wildman–Crippen MR) is 167 cm³/mol. The average Bonchev–Trinajstić information content (AvgIpc) is 3.37. The van der Waals surface area contributed by atoms with Gasteiger partial charge in [-0.1, -0.05) is 30.3 Å². The summed E-state index contributed by atoms with van der Waals surface area (Å²) in [5.41, 5.74) is 4.04. The molecule has 1 aliphatic heterocycles. The molecule has 43 heavy (non-hydrogen) atoms. The molecule has 3 heterocycles. The van der Waals surface area contributed by atoms with Crippen molar-refractivity contribution in [3.63, 3.8) is 0 Å². The highest BCUT2D eigenvalue weighted by atomic mass is 16.6. The van der Waals surface area contributed by atoms with E-state index in [0.717, 1.165) is 43.5 Å². The first-order chi connectivity index (χ1) is 21.0. The first-order valence-electron chi connectivity index (χ1n) is 15.0. The minimum absolute atomic E-state index is 0.141. The number of aliphatic hydroxyl groups is 1. The highest BCUT2D eigenvalue weighted by Crippen LogP contribution is 2.49. The van der Waals surface area contributed by atoms with Crippen molar-refractivity contribution in [2.45, 2.75) is 32.6 Å². The van der Waals surface area contributed by atoms with Gasteiger partial charge in [-0.2, -0.15) is 0 Å². The van der Waals surface area contributed by atoms with Gasteiger partial charge in [0.2, 0.25) is 0 Å². The number of aliphatic hydroxyl groups excluding tert-OH is 1. The molecular formula is C35H39N3O5. The molecule has 1 aliphatic rings. The standard InChI is InChI=1S/C35H39N3O5/c1-4-41-35(40)29-23(2)43-34-27-11-10-26(42-21-14-24-8-6-5-7-9-24)22-28(27)33(39)31(30(29)34)32(25-12-15-36-16-13-25)38-19-17-37(3)18-20-38/h5-13,15-16,22,32,35,39-40H,4,14,17-21H2,1-3H3. The van der Waals surface area contributed by atoms with Crippen molar-refractivity contribution in [2.75, 3.05) is 46.4 Å². The Hall–Kier alpha value is -3.95. The summed E-state index contributed by atoms with van der Waals surface area (Å²) in [4.78, 5) is 8.96. The van der Waals surface area contributed by atoms with Gasteiger partial charge in [-0.25, -0.2) is 0 Å². The number of piperazine rings is 1. The number of phenolic OH excluding ortho intramolecular Hbond substituents is 1. The fraction of sp³-hybridized carbons (Fsp3) is 0.343. The number of ether oxygens (including phenoxy) is 2. The molecule has 0 spiro atoms. The smallest absolute Gasteiger partial charge is 0.185 e. The SMILES string of the molecule is CCOC(O)c1c(C)oc2c1c(C(c1ccncc1)N1CCN(C)CC1)c(O)c1cc(OCCc3ccccc3)ccc12. The van der Waals surface area contributed by atoms with Gasteiger partial charge in [-0.15, -0.1) is 0 Å². The minimum atomic E-state index is -1.20. The van der Waals surface area contributed by atoms with E-state index in [1.807, 2.05) is 62.4 Å². The molecule has 0 radical (unpaired) electrons. The van der Waals surface area contributed by atoms with Crippen LogP contribution >= 0.6 is 0 Å². The highest BCUT2D eigenvalue weighted by molar-refractivity contribution is 6.11. The molecule has 1 fully saturated rings. The summed E-state index contributed by atoms with van der Waals surface area (Å²) in [6.07, 6.45) is 3.14. The monoisotopic (exact) mass is 581 g/mol. The topological polar surface area (TPSA) is 91.4 Å². The van der Waals surface area contributed by atoms with Gasteiger partial charge in [0.1, 0.15) is 22.8 Å². The predicted octanol–water partition coefficient (Wildman–Crippen LogP) is 5.98. The van der Waals surface area contributed by atoms with Crippen LogP contribution in [-0.4, -0.2) is 71.4 Å². The highest BCUT2D eigenvalue weighted by Gasteiger charge is 2.34. The van der Waals surface area contributed by atoms with Gasteiger partial charge in [-0.3, -0.25) is 9.88 Å². The van der Waals surface area contributed by atoms with Crippen LogP contribution in [-0.2, 0) is 11.2 Å². The Kier molecular flexibility index (Phi) is 8.63. The Bertz CT molecular complexity index is 1680. The van der Waals surface area contributed by atoms with Crippen molar-refractivity contribution in [3.8, 4) is 11.5 Å². The van der Waals surface area contributed by atoms with Crippen LogP contribution in [0.15, 0.2) is 77.5 Å². The van der Waals surface area contributed by atoms with E-state index in [1.54, 1.807) is 12.4 Å². The summed E-state index contributed by atoms with van der Waals surface area (Å²) < 4.78 is 18.3. The molecule has 2 unspecified atom stereocenters. The fourth-order valence-corrected chi connectivity index (χ4v) is 6.21.